The molecule has 22 heavy (non-hydrogen) atoms. The van der Waals surface area contributed by atoms with Crippen molar-refractivity contribution in [3.63, 3.8) is 0 Å². The fraction of sp³-hybridized carbons (Fsp3) is 0.0588. The summed E-state index contributed by atoms with van der Waals surface area (Å²) in [6, 6.07) is 15.3. The number of rotatable bonds is 1. The number of hydrogen-bond acceptors (Lipinski definition) is 4. The van der Waals surface area contributed by atoms with Gasteiger partial charge in [0.1, 0.15) is 5.76 Å². The monoisotopic (exact) mass is 371 g/mol. The molecule has 0 aliphatic carbocycles. The zero-order valence-corrected chi connectivity index (χ0v) is 13.8. The summed E-state index contributed by atoms with van der Waals surface area (Å²) in [6.07, 6.45) is 0. The van der Waals surface area contributed by atoms with E-state index in [0.29, 0.717) is 28.7 Å². The number of nitrogens with zero attached hydrogens (tertiary/aromatic N) is 1. The van der Waals surface area contributed by atoms with Gasteiger partial charge >= 0.3 is 0 Å². The van der Waals surface area contributed by atoms with Crippen LogP contribution >= 0.6 is 27.7 Å². The average molecular weight is 372 g/mol. The first-order chi connectivity index (χ1) is 10.7. The standard InChI is InChI=1S/C17H10BrNO2S/c18-11-7-5-10(6-8-11)17-19-15-13(21-17)9-22-14-4-2-1-3-12(14)16(15)20/h1-8H,9H2. The van der Waals surface area contributed by atoms with Crippen molar-refractivity contribution in [2.45, 2.75) is 10.6 Å². The Morgan fingerprint density at radius 2 is 1.86 bits per heavy atom. The van der Waals surface area contributed by atoms with Crippen molar-refractivity contribution in [1.82, 2.24) is 4.98 Å². The maximum absolute atomic E-state index is 12.7. The van der Waals surface area contributed by atoms with E-state index in [9.17, 15) is 4.79 Å². The van der Waals surface area contributed by atoms with Crippen molar-refractivity contribution < 1.29 is 9.21 Å². The molecule has 2 aromatic carbocycles. The van der Waals surface area contributed by atoms with Gasteiger partial charge in [0.05, 0.1) is 5.75 Å². The molecule has 0 unspecified atom stereocenters. The SMILES string of the molecule is O=C1c2ccccc2SCc2oc(-c3ccc(Br)cc3)nc21. The zero-order valence-electron chi connectivity index (χ0n) is 11.4. The van der Waals surface area contributed by atoms with Gasteiger partial charge < -0.3 is 4.42 Å². The molecule has 1 aliphatic heterocycles. The lowest BCUT2D eigenvalue weighted by atomic mass is 10.1. The van der Waals surface area contributed by atoms with Crippen LogP contribution in [0.2, 0.25) is 0 Å². The van der Waals surface area contributed by atoms with E-state index in [1.807, 2.05) is 48.5 Å². The number of aromatic nitrogens is 1. The average Bonchev–Trinajstić information content (AvgIpc) is 2.92. The first-order valence-electron chi connectivity index (χ1n) is 6.74. The van der Waals surface area contributed by atoms with Crippen LogP contribution < -0.4 is 0 Å². The van der Waals surface area contributed by atoms with Gasteiger partial charge in [-0.15, -0.1) is 11.8 Å². The highest BCUT2D eigenvalue weighted by Crippen LogP contribution is 2.35. The molecule has 4 rings (SSSR count). The summed E-state index contributed by atoms with van der Waals surface area (Å²) in [5, 5.41) is 0. The molecule has 0 saturated carbocycles. The van der Waals surface area contributed by atoms with Gasteiger partial charge in [0.2, 0.25) is 11.7 Å². The van der Waals surface area contributed by atoms with Crippen LogP contribution in [0.15, 0.2) is 62.3 Å². The third-order valence-electron chi connectivity index (χ3n) is 3.49. The summed E-state index contributed by atoms with van der Waals surface area (Å²) in [5.74, 6) is 1.68. The molecule has 1 aromatic heterocycles. The Balaban J connectivity index is 1.80. The smallest absolute Gasteiger partial charge is 0.227 e. The van der Waals surface area contributed by atoms with Crippen LogP contribution in [0.3, 0.4) is 0 Å². The van der Waals surface area contributed by atoms with Crippen LogP contribution in [0.25, 0.3) is 11.5 Å². The topological polar surface area (TPSA) is 43.1 Å². The summed E-state index contributed by atoms with van der Waals surface area (Å²) < 4.78 is 6.84. The molecule has 0 spiro atoms. The largest absolute Gasteiger partial charge is 0.439 e. The predicted octanol–water partition coefficient (Wildman–Crippen LogP) is 4.94. The fourth-order valence-corrected chi connectivity index (χ4v) is 3.63. The van der Waals surface area contributed by atoms with E-state index in [1.54, 1.807) is 11.8 Å². The molecule has 1 aliphatic rings. The van der Waals surface area contributed by atoms with Gasteiger partial charge in [-0.3, -0.25) is 4.79 Å². The molecule has 0 radical (unpaired) electrons. The summed E-state index contributed by atoms with van der Waals surface area (Å²) in [5.41, 5.74) is 1.99. The molecule has 0 atom stereocenters. The molecular weight excluding hydrogens is 362 g/mol. The number of halogens is 1. The minimum atomic E-state index is -0.0669. The van der Waals surface area contributed by atoms with Crippen molar-refractivity contribution in [3.8, 4) is 11.5 Å². The lowest BCUT2D eigenvalue weighted by Crippen LogP contribution is -2.03. The van der Waals surface area contributed by atoms with Gasteiger partial charge in [0.25, 0.3) is 0 Å². The predicted molar refractivity (Wildman–Crippen MR) is 89.1 cm³/mol. The van der Waals surface area contributed by atoms with Gasteiger partial charge in [-0.1, -0.05) is 28.1 Å². The lowest BCUT2D eigenvalue weighted by molar-refractivity contribution is 0.103. The lowest BCUT2D eigenvalue weighted by Gasteiger charge is -2.02. The van der Waals surface area contributed by atoms with Crippen LogP contribution in [-0.2, 0) is 5.75 Å². The maximum Gasteiger partial charge on any atom is 0.227 e. The molecule has 3 nitrogen and oxygen atoms in total. The second-order valence-electron chi connectivity index (χ2n) is 4.91. The molecule has 0 N–H and O–H groups in total. The quantitative estimate of drug-likeness (QED) is 0.607. The Morgan fingerprint density at radius 1 is 1.09 bits per heavy atom. The van der Waals surface area contributed by atoms with E-state index in [4.69, 9.17) is 4.42 Å². The zero-order chi connectivity index (χ0) is 15.1. The Hall–Kier alpha value is -1.85. The summed E-state index contributed by atoms with van der Waals surface area (Å²) in [4.78, 5) is 18.1. The molecule has 0 bridgehead atoms. The van der Waals surface area contributed by atoms with E-state index in [1.165, 1.54) is 0 Å². The summed E-state index contributed by atoms with van der Waals surface area (Å²) in [7, 11) is 0. The summed E-state index contributed by atoms with van der Waals surface area (Å²) in [6.45, 7) is 0. The third kappa shape index (κ3) is 2.30. The highest BCUT2D eigenvalue weighted by atomic mass is 79.9. The van der Waals surface area contributed by atoms with Crippen LogP contribution in [0.5, 0.6) is 0 Å². The highest BCUT2D eigenvalue weighted by molar-refractivity contribution is 9.10. The van der Waals surface area contributed by atoms with Crippen LogP contribution in [-0.4, -0.2) is 10.8 Å². The number of ketones is 1. The Labute approximate surface area is 139 Å². The highest BCUT2D eigenvalue weighted by Gasteiger charge is 2.27. The van der Waals surface area contributed by atoms with Crippen molar-refractivity contribution >= 4 is 33.5 Å². The van der Waals surface area contributed by atoms with Gasteiger partial charge in [0, 0.05) is 20.5 Å². The Bertz CT molecular complexity index is 871. The molecule has 2 heterocycles. The second kappa shape index (κ2) is 5.41. The fourth-order valence-electron chi connectivity index (χ4n) is 2.39. The van der Waals surface area contributed by atoms with E-state index in [0.717, 1.165) is 14.9 Å². The molecule has 108 valence electrons. The normalized spacial score (nSPS) is 13.4. The molecule has 0 saturated heterocycles. The van der Waals surface area contributed by atoms with Crippen LogP contribution in [0.1, 0.15) is 21.8 Å². The number of fused-ring (bicyclic) bond motifs is 2. The summed E-state index contributed by atoms with van der Waals surface area (Å²) >= 11 is 5.01. The number of benzene rings is 2. The van der Waals surface area contributed by atoms with Crippen LogP contribution in [0.4, 0.5) is 0 Å². The van der Waals surface area contributed by atoms with Crippen molar-refractivity contribution in [2.75, 3.05) is 0 Å². The number of hydrogen-bond donors (Lipinski definition) is 0. The van der Waals surface area contributed by atoms with E-state index in [2.05, 4.69) is 20.9 Å². The molecular formula is C17H10BrNO2S. The van der Waals surface area contributed by atoms with E-state index >= 15 is 0 Å². The van der Waals surface area contributed by atoms with Crippen molar-refractivity contribution in [3.05, 3.63) is 70.0 Å². The van der Waals surface area contributed by atoms with Gasteiger partial charge in [-0.2, -0.15) is 0 Å². The number of oxazole rings is 1. The minimum Gasteiger partial charge on any atom is -0.439 e. The minimum absolute atomic E-state index is 0.0669. The first kappa shape index (κ1) is 13.8. The van der Waals surface area contributed by atoms with Crippen molar-refractivity contribution in [1.29, 1.82) is 0 Å². The van der Waals surface area contributed by atoms with Gasteiger partial charge in [-0.05, 0) is 36.4 Å². The second-order valence-corrected chi connectivity index (χ2v) is 6.84. The number of thioether (sulfide) groups is 1. The van der Waals surface area contributed by atoms with E-state index in [-0.39, 0.29) is 5.78 Å². The molecule has 3 aromatic rings. The maximum atomic E-state index is 12.7. The third-order valence-corrected chi connectivity index (χ3v) is 5.10. The Morgan fingerprint density at radius 3 is 2.68 bits per heavy atom. The Kier molecular flexibility index (Phi) is 3.39. The molecule has 5 heteroatoms. The first-order valence-corrected chi connectivity index (χ1v) is 8.52. The number of carbonyl (C=O) groups is 1. The molecule has 0 fully saturated rings. The van der Waals surface area contributed by atoms with Crippen LogP contribution in [0, 0.1) is 0 Å². The van der Waals surface area contributed by atoms with Crippen molar-refractivity contribution in [2.24, 2.45) is 0 Å². The van der Waals surface area contributed by atoms with Gasteiger partial charge in [0.15, 0.2) is 5.69 Å². The van der Waals surface area contributed by atoms with E-state index < -0.39 is 0 Å². The number of carbonyl (C=O) groups excluding carboxylic acids is 1. The molecule has 0 amide bonds. The van der Waals surface area contributed by atoms with Gasteiger partial charge in [-0.25, -0.2) is 4.98 Å².